The van der Waals surface area contributed by atoms with Gasteiger partial charge in [0.25, 0.3) is 5.56 Å². The molecule has 242 valence electrons. The fourth-order valence-electron chi connectivity index (χ4n) is 5.37. The second-order valence-electron chi connectivity index (χ2n) is 10.1. The summed E-state index contributed by atoms with van der Waals surface area (Å²) in [4.78, 5) is 51.9. The van der Waals surface area contributed by atoms with Crippen molar-refractivity contribution in [3.8, 4) is 0 Å². The molecule has 4 aromatic rings. The smallest absolute Gasteiger partial charge is 0.387 e. The molecule has 4 aromatic heterocycles. The van der Waals surface area contributed by atoms with Gasteiger partial charge in [0.05, 0.1) is 25.9 Å². The van der Waals surface area contributed by atoms with Gasteiger partial charge in [-0.05, 0) is 11.8 Å². The highest BCUT2D eigenvalue weighted by Gasteiger charge is 2.54. The number of ether oxygens (including phenoxy) is 2. The molecule has 0 spiro atoms. The molecule has 0 saturated carbocycles. The highest BCUT2D eigenvalue weighted by Crippen LogP contribution is 2.54. The average molecular weight is 694 g/mol. The third kappa shape index (κ3) is 5.39. The van der Waals surface area contributed by atoms with Crippen molar-refractivity contribution in [2.45, 2.75) is 49.1 Å². The Kier molecular flexibility index (Phi) is 7.62. The van der Waals surface area contributed by atoms with Gasteiger partial charge in [0.15, 0.2) is 41.6 Å². The summed E-state index contributed by atoms with van der Waals surface area (Å²) in [7, 11) is -5.15. The minimum Gasteiger partial charge on any atom is -0.387 e. The molecule has 3 aliphatic heterocycles. The fraction of sp³-hybridized carbons (Fsp3) is 0.476. The van der Waals surface area contributed by atoms with E-state index in [9.17, 15) is 28.6 Å². The third-order valence-electron chi connectivity index (χ3n) is 7.40. The van der Waals surface area contributed by atoms with E-state index in [1.165, 1.54) is 10.9 Å². The lowest BCUT2D eigenvalue weighted by atomic mass is 10.1. The number of phosphoric ester groups is 1. The van der Waals surface area contributed by atoms with E-state index in [0.29, 0.717) is 0 Å². The predicted molar refractivity (Wildman–Crippen MR) is 147 cm³/mol. The monoisotopic (exact) mass is 694 g/mol. The highest BCUT2D eigenvalue weighted by molar-refractivity contribution is 8.07. The van der Waals surface area contributed by atoms with E-state index in [2.05, 4.69) is 24.9 Å². The molecule has 3 fully saturated rings. The SMILES string of the molecule is Nc1ncnc2c1ncn2[C@@H]1O[C@@H]2COP(=O)(O)O[C@@H]3[C@H](O)C(COP(O)(=S)O[C@H]2[C@H]1F)O[C@H]3n1cc(F)c2c(=O)[nH]cnc21. The van der Waals surface area contributed by atoms with Crippen LogP contribution in [0.4, 0.5) is 14.6 Å². The second kappa shape index (κ2) is 11.1. The molecule has 3 unspecified atom stereocenters. The van der Waals surface area contributed by atoms with Crippen LogP contribution in [0.25, 0.3) is 22.2 Å². The molecule has 0 amide bonds. The molecule has 19 nitrogen and oxygen atoms in total. The number of fused-ring (bicyclic) bond motifs is 5. The minimum absolute atomic E-state index is 0.0162. The number of phosphoric acid groups is 1. The number of halogens is 2. The fourth-order valence-corrected chi connectivity index (χ4v) is 7.74. The van der Waals surface area contributed by atoms with Crippen LogP contribution in [0.3, 0.4) is 0 Å². The van der Waals surface area contributed by atoms with Crippen molar-refractivity contribution in [1.82, 2.24) is 34.1 Å². The van der Waals surface area contributed by atoms with Gasteiger partial charge < -0.3 is 44.2 Å². The number of hydrogen-bond acceptors (Lipinski definition) is 15. The van der Waals surface area contributed by atoms with Crippen molar-refractivity contribution in [1.29, 1.82) is 0 Å². The van der Waals surface area contributed by atoms with Crippen LogP contribution in [-0.2, 0) is 43.9 Å². The number of anilines is 1. The molecule has 3 saturated heterocycles. The maximum Gasteiger partial charge on any atom is 0.472 e. The van der Waals surface area contributed by atoms with Gasteiger partial charge in [0.2, 0.25) is 0 Å². The topological polar surface area (TPSA) is 253 Å². The molecule has 45 heavy (non-hydrogen) atoms. The number of nitrogens with zero attached hydrogens (tertiary/aromatic N) is 6. The third-order valence-corrected chi connectivity index (χ3v) is 9.94. The summed E-state index contributed by atoms with van der Waals surface area (Å²) < 4.78 is 78.8. The van der Waals surface area contributed by atoms with Gasteiger partial charge in [0.1, 0.15) is 47.8 Å². The maximum absolute atomic E-state index is 16.0. The van der Waals surface area contributed by atoms with E-state index < -0.39 is 93.7 Å². The first-order chi connectivity index (χ1) is 21.3. The summed E-state index contributed by atoms with van der Waals surface area (Å²) in [6.45, 7) is -5.90. The van der Waals surface area contributed by atoms with Crippen molar-refractivity contribution in [3.05, 3.63) is 41.3 Å². The first kappa shape index (κ1) is 30.8. The lowest BCUT2D eigenvalue weighted by Gasteiger charge is -2.26. The van der Waals surface area contributed by atoms with E-state index in [0.717, 1.165) is 23.4 Å². The number of hydrogen-bond donors (Lipinski definition) is 5. The van der Waals surface area contributed by atoms with E-state index in [1.807, 2.05) is 0 Å². The number of aliphatic hydroxyl groups excluding tert-OH is 1. The summed E-state index contributed by atoms with van der Waals surface area (Å²) in [6.07, 6.45) is -9.21. The first-order valence-electron chi connectivity index (χ1n) is 12.9. The van der Waals surface area contributed by atoms with Gasteiger partial charge in [-0.3, -0.25) is 22.9 Å². The van der Waals surface area contributed by atoms with Crippen LogP contribution >= 0.6 is 14.5 Å². The largest absolute Gasteiger partial charge is 0.472 e. The normalized spacial score (nSPS) is 37.7. The Morgan fingerprint density at radius 1 is 1.02 bits per heavy atom. The zero-order valence-corrected chi connectivity index (χ0v) is 24.9. The van der Waals surface area contributed by atoms with Gasteiger partial charge >= 0.3 is 14.5 Å². The number of aromatic nitrogens is 7. The van der Waals surface area contributed by atoms with E-state index in [4.69, 9.17) is 45.1 Å². The number of nitrogen functional groups attached to an aromatic ring is 1. The molecule has 10 atom stereocenters. The van der Waals surface area contributed by atoms with Gasteiger partial charge in [-0.25, -0.2) is 33.3 Å². The zero-order chi connectivity index (χ0) is 31.8. The van der Waals surface area contributed by atoms with Crippen LogP contribution in [0.1, 0.15) is 12.5 Å². The van der Waals surface area contributed by atoms with Crippen LogP contribution < -0.4 is 11.3 Å². The van der Waals surface area contributed by atoms with E-state index in [1.54, 1.807) is 0 Å². The Hall–Kier alpha value is -2.85. The molecule has 6 N–H and O–H groups in total. The zero-order valence-electron chi connectivity index (χ0n) is 22.3. The summed E-state index contributed by atoms with van der Waals surface area (Å²) >= 11 is 5.10. The predicted octanol–water partition coefficient (Wildman–Crippen LogP) is -0.0860. The Labute approximate surface area is 253 Å². The molecular formula is C21H22F2N8O11P2S. The van der Waals surface area contributed by atoms with Crippen LogP contribution in [0.15, 0.2) is 30.0 Å². The standard InChI is InChI=1S/C21H22F2N8O11P2S/c22-7-1-30(17-10(7)19(33)28-5-26-17)21-15-13(32)8(39-21)2-38-44(36,45)42-14-9(3-37-43(34,35)41-15)40-20(11(14)23)31-6-29-12-16(24)25-4-27-18(12)31/h1,4-6,8-9,11,13-15,20-21,32H,2-3H2,(H,34,35)(H,36,45)(H2,24,25,27)(H,26,28,33)/t8?,9-,11-,13-,14-,15-,20-,21-,44?/m1/s1. The lowest BCUT2D eigenvalue weighted by Crippen LogP contribution is -2.35. The first-order valence-corrected chi connectivity index (χ1v) is 17.0. The molecular weight excluding hydrogens is 672 g/mol. The Morgan fingerprint density at radius 3 is 2.58 bits per heavy atom. The molecule has 0 radical (unpaired) electrons. The van der Waals surface area contributed by atoms with Crippen LogP contribution in [0, 0.1) is 5.82 Å². The Morgan fingerprint density at radius 2 is 1.78 bits per heavy atom. The summed E-state index contributed by atoms with van der Waals surface area (Å²) in [5.41, 5.74) is 5.00. The van der Waals surface area contributed by atoms with Crippen molar-refractivity contribution in [2.24, 2.45) is 0 Å². The maximum atomic E-state index is 16.0. The van der Waals surface area contributed by atoms with Crippen LogP contribution in [0.5, 0.6) is 0 Å². The van der Waals surface area contributed by atoms with Crippen LogP contribution in [0.2, 0.25) is 0 Å². The number of nitrogens with two attached hydrogens (primary N) is 1. The van der Waals surface area contributed by atoms with Crippen molar-refractivity contribution in [2.75, 3.05) is 18.9 Å². The minimum atomic E-state index is -5.15. The molecule has 24 heteroatoms. The van der Waals surface area contributed by atoms with Gasteiger partial charge in [-0.2, -0.15) is 0 Å². The summed E-state index contributed by atoms with van der Waals surface area (Å²) in [6, 6.07) is 0. The van der Waals surface area contributed by atoms with Gasteiger partial charge in [0, 0.05) is 6.20 Å². The Bertz CT molecular complexity index is 1950. The number of aliphatic hydroxyl groups is 1. The molecule has 0 aliphatic carbocycles. The number of nitrogens with one attached hydrogen (secondary N) is 1. The van der Waals surface area contributed by atoms with Gasteiger partial charge in [-0.1, -0.05) is 0 Å². The number of imidazole rings is 1. The second-order valence-corrected chi connectivity index (χ2v) is 14.3. The van der Waals surface area contributed by atoms with Crippen molar-refractivity contribution < 1.29 is 55.8 Å². The van der Waals surface area contributed by atoms with Crippen molar-refractivity contribution >= 4 is 54.4 Å². The van der Waals surface area contributed by atoms with Gasteiger partial charge in [-0.15, -0.1) is 0 Å². The summed E-state index contributed by atoms with van der Waals surface area (Å²) in [5.74, 6) is -0.991. The quantitative estimate of drug-likeness (QED) is 0.172. The van der Waals surface area contributed by atoms with E-state index in [-0.39, 0.29) is 22.6 Å². The highest BCUT2D eigenvalue weighted by atomic mass is 32.5. The average Bonchev–Trinajstić information content (AvgIpc) is 3.71. The molecule has 7 rings (SSSR count). The number of alkyl halides is 1. The number of H-pyrrole nitrogens is 1. The Balaban J connectivity index is 1.21. The lowest BCUT2D eigenvalue weighted by molar-refractivity contribution is -0.0642. The molecule has 7 heterocycles. The molecule has 3 aliphatic rings. The van der Waals surface area contributed by atoms with E-state index >= 15 is 4.39 Å². The van der Waals surface area contributed by atoms with Crippen LogP contribution in [-0.4, -0.2) is 98.9 Å². The molecule has 2 bridgehead atoms. The summed E-state index contributed by atoms with van der Waals surface area (Å²) in [5, 5.41) is 10.6. The number of aromatic amines is 1. The molecule has 0 aromatic carbocycles. The van der Waals surface area contributed by atoms with Crippen molar-refractivity contribution in [3.63, 3.8) is 0 Å². The number of rotatable bonds is 2.